The average molecular weight is 480 g/mol. The summed E-state index contributed by atoms with van der Waals surface area (Å²) in [6, 6.07) is 14.4. The maximum Gasteiger partial charge on any atom is 0.243 e. The normalized spacial score (nSPS) is 11.6. The number of carbonyl (C=O) groups excluding carboxylic acids is 2. The van der Waals surface area contributed by atoms with Crippen LogP contribution in [0.1, 0.15) is 11.1 Å². The molecule has 0 aliphatic heterocycles. The molecule has 154 valence electrons. The van der Waals surface area contributed by atoms with Gasteiger partial charge in [-0.3, -0.25) is 9.59 Å². The molecule has 0 bridgehead atoms. The first kappa shape index (κ1) is 22.8. The van der Waals surface area contributed by atoms with Crippen molar-refractivity contribution in [3.8, 4) is 0 Å². The molecule has 0 spiro atoms. The molecule has 0 fully saturated rings. The minimum absolute atomic E-state index is 0.262. The Morgan fingerprint density at radius 2 is 1.79 bits per heavy atom. The van der Waals surface area contributed by atoms with Gasteiger partial charge in [0.1, 0.15) is 0 Å². The summed E-state index contributed by atoms with van der Waals surface area (Å²) in [4.78, 5) is 24.0. The molecule has 0 saturated heterocycles. The van der Waals surface area contributed by atoms with E-state index in [-0.39, 0.29) is 6.54 Å². The Kier molecular flexibility index (Phi) is 8.12. The van der Waals surface area contributed by atoms with E-state index in [1.807, 2.05) is 19.1 Å². The molecule has 0 atom stereocenters. The third-order valence-electron chi connectivity index (χ3n) is 3.94. The van der Waals surface area contributed by atoms with Crippen LogP contribution in [0.25, 0.3) is 6.08 Å². The number of hydrogen-bond acceptors (Lipinski definition) is 4. The number of sulfonamides is 1. The Morgan fingerprint density at radius 3 is 2.45 bits per heavy atom. The van der Waals surface area contributed by atoms with E-state index in [0.717, 1.165) is 25.3 Å². The molecular formula is C20H22BrN3O4S. The minimum Gasteiger partial charge on any atom is -0.346 e. The predicted octanol–water partition coefficient (Wildman–Crippen LogP) is 2.74. The molecule has 0 heterocycles. The monoisotopic (exact) mass is 479 g/mol. The van der Waals surface area contributed by atoms with Gasteiger partial charge < -0.3 is 10.6 Å². The highest BCUT2D eigenvalue weighted by atomic mass is 79.9. The summed E-state index contributed by atoms with van der Waals surface area (Å²) in [5.74, 6) is -0.981. The Hall–Kier alpha value is -2.49. The Balaban J connectivity index is 1.84. The molecular weight excluding hydrogens is 458 g/mol. The second-order valence-electron chi connectivity index (χ2n) is 6.30. The zero-order valence-electron chi connectivity index (χ0n) is 16.1. The number of nitrogens with zero attached hydrogens (tertiary/aromatic N) is 1. The van der Waals surface area contributed by atoms with Crippen molar-refractivity contribution in [1.82, 2.24) is 9.62 Å². The third kappa shape index (κ3) is 7.45. The van der Waals surface area contributed by atoms with Crippen LogP contribution in [0.15, 0.2) is 58.4 Å². The van der Waals surface area contributed by atoms with Gasteiger partial charge in [-0.1, -0.05) is 46.3 Å². The molecule has 0 aliphatic carbocycles. The molecule has 0 unspecified atom stereocenters. The third-order valence-corrected chi connectivity index (χ3v) is 5.91. The van der Waals surface area contributed by atoms with Crippen molar-refractivity contribution in [3.05, 3.63) is 69.5 Å². The topological polar surface area (TPSA) is 95.6 Å². The molecule has 2 aromatic rings. The van der Waals surface area contributed by atoms with Gasteiger partial charge >= 0.3 is 0 Å². The van der Waals surface area contributed by atoms with Gasteiger partial charge in [0, 0.05) is 22.6 Å². The van der Waals surface area contributed by atoms with E-state index in [1.54, 1.807) is 36.4 Å². The quantitative estimate of drug-likeness (QED) is 0.608. The molecule has 2 rings (SSSR count). The Morgan fingerprint density at radius 1 is 1.10 bits per heavy atom. The van der Waals surface area contributed by atoms with Crippen molar-refractivity contribution in [2.45, 2.75) is 6.92 Å². The first-order valence-corrected chi connectivity index (χ1v) is 11.0. The minimum atomic E-state index is -3.76. The largest absolute Gasteiger partial charge is 0.346 e. The van der Waals surface area contributed by atoms with Gasteiger partial charge in [0.2, 0.25) is 21.8 Å². The highest BCUT2D eigenvalue weighted by molar-refractivity contribution is 9.10. The van der Waals surface area contributed by atoms with Crippen LogP contribution in [0.5, 0.6) is 0 Å². The molecule has 0 aliphatic rings. The van der Waals surface area contributed by atoms with Crippen LogP contribution in [0.2, 0.25) is 0 Å². The molecule has 0 aromatic heterocycles. The van der Waals surface area contributed by atoms with E-state index in [0.29, 0.717) is 5.69 Å². The fourth-order valence-electron chi connectivity index (χ4n) is 2.32. The smallest absolute Gasteiger partial charge is 0.243 e. The van der Waals surface area contributed by atoms with Crippen LogP contribution in [0.3, 0.4) is 0 Å². The van der Waals surface area contributed by atoms with Gasteiger partial charge in [-0.15, -0.1) is 0 Å². The fourth-order valence-corrected chi connectivity index (χ4v) is 3.63. The van der Waals surface area contributed by atoms with Crippen LogP contribution in [-0.4, -0.2) is 44.7 Å². The summed E-state index contributed by atoms with van der Waals surface area (Å²) in [5, 5.41) is 6.16. The van der Waals surface area contributed by atoms with Gasteiger partial charge in [0.05, 0.1) is 13.1 Å². The maximum atomic E-state index is 12.3. The van der Waals surface area contributed by atoms with Gasteiger partial charge in [0.25, 0.3) is 0 Å². The van der Waals surface area contributed by atoms with E-state index in [4.69, 9.17) is 0 Å². The SMILES string of the molecule is Cc1cc(Br)ccc1NC(=O)CNC(=O)CN(C)S(=O)(=O)C=Cc1ccccc1. The first-order valence-electron chi connectivity index (χ1n) is 8.69. The Bertz CT molecular complexity index is 1010. The van der Waals surface area contributed by atoms with Crippen LogP contribution >= 0.6 is 15.9 Å². The lowest BCUT2D eigenvalue weighted by molar-refractivity contribution is -0.124. The second-order valence-corrected chi connectivity index (χ2v) is 9.14. The number of halogens is 1. The number of carbonyl (C=O) groups is 2. The van der Waals surface area contributed by atoms with Gasteiger partial charge in [-0.05, 0) is 42.3 Å². The van der Waals surface area contributed by atoms with Gasteiger partial charge in [-0.25, -0.2) is 8.42 Å². The summed E-state index contributed by atoms with van der Waals surface area (Å²) in [6.45, 7) is 1.19. The summed E-state index contributed by atoms with van der Waals surface area (Å²) < 4.78 is 26.3. The number of amides is 2. The van der Waals surface area contributed by atoms with Crippen molar-refractivity contribution in [3.63, 3.8) is 0 Å². The second kappa shape index (κ2) is 10.3. The number of aryl methyl sites for hydroxylation is 1. The number of benzene rings is 2. The number of rotatable bonds is 8. The molecule has 2 aromatic carbocycles. The van der Waals surface area contributed by atoms with Crippen LogP contribution < -0.4 is 10.6 Å². The standard InChI is InChI=1S/C20H22BrN3O4S/c1-15-12-17(21)8-9-18(15)23-19(25)13-22-20(26)14-24(2)29(27,28)11-10-16-6-4-3-5-7-16/h3-12H,13-14H2,1-2H3,(H,22,26)(H,23,25). The highest BCUT2D eigenvalue weighted by Gasteiger charge is 2.18. The molecule has 29 heavy (non-hydrogen) atoms. The van der Waals surface area contributed by atoms with Crippen molar-refractivity contribution in [2.75, 3.05) is 25.5 Å². The van der Waals surface area contributed by atoms with E-state index in [2.05, 4.69) is 26.6 Å². The molecule has 7 nitrogen and oxygen atoms in total. The summed E-state index contributed by atoms with van der Waals surface area (Å²) in [7, 11) is -2.46. The fraction of sp³-hybridized carbons (Fsp3) is 0.200. The average Bonchev–Trinajstić information content (AvgIpc) is 2.68. The van der Waals surface area contributed by atoms with Crippen molar-refractivity contribution in [2.24, 2.45) is 0 Å². The van der Waals surface area contributed by atoms with E-state index < -0.39 is 28.4 Å². The van der Waals surface area contributed by atoms with E-state index in [9.17, 15) is 18.0 Å². The van der Waals surface area contributed by atoms with Crippen molar-refractivity contribution < 1.29 is 18.0 Å². The predicted molar refractivity (Wildman–Crippen MR) is 118 cm³/mol. The zero-order valence-corrected chi connectivity index (χ0v) is 18.5. The highest BCUT2D eigenvalue weighted by Crippen LogP contribution is 2.19. The van der Waals surface area contributed by atoms with E-state index >= 15 is 0 Å². The maximum absolute atomic E-state index is 12.3. The lowest BCUT2D eigenvalue weighted by atomic mass is 10.2. The molecule has 9 heteroatoms. The van der Waals surface area contributed by atoms with Crippen molar-refractivity contribution >= 4 is 49.5 Å². The number of nitrogens with one attached hydrogen (secondary N) is 2. The summed E-state index contributed by atoms with van der Waals surface area (Å²) >= 11 is 3.35. The molecule has 2 N–H and O–H groups in total. The lowest BCUT2D eigenvalue weighted by Gasteiger charge is -2.14. The van der Waals surface area contributed by atoms with E-state index in [1.165, 1.54) is 13.1 Å². The molecule has 0 saturated carbocycles. The van der Waals surface area contributed by atoms with Gasteiger partial charge in [0.15, 0.2) is 0 Å². The molecule has 2 amide bonds. The lowest BCUT2D eigenvalue weighted by Crippen LogP contribution is -2.40. The first-order chi connectivity index (χ1) is 13.7. The van der Waals surface area contributed by atoms with Crippen LogP contribution in [0.4, 0.5) is 5.69 Å². The van der Waals surface area contributed by atoms with Crippen LogP contribution in [-0.2, 0) is 19.6 Å². The van der Waals surface area contributed by atoms with Gasteiger partial charge in [-0.2, -0.15) is 4.31 Å². The molecule has 0 radical (unpaired) electrons. The summed E-state index contributed by atoms with van der Waals surface area (Å²) in [6.07, 6.45) is 1.46. The number of likely N-dealkylation sites (N-methyl/N-ethyl adjacent to an activating group) is 1. The van der Waals surface area contributed by atoms with Crippen molar-refractivity contribution in [1.29, 1.82) is 0 Å². The number of hydrogen-bond donors (Lipinski definition) is 2. The number of anilines is 1. The van der Waals surface area contributed by atoms with Crippen LogP contribution in [0, 0.1) is 6.92 Å². The Labute approximate surface area is 179 Å². The summed E-state index contributed by atoms with van der Waals surface area (Å²) in [5.41, 5.74) is 2.24. The zero-order chi connectivity index (χ0) is 21.4.